The maximum Gasteiger partial charge on any atom is 0.255 e. The topological polar surface area (TPSA) is 108 Å². The Kier molecular flexibility index (Phi) is 4.93. The van der Waals surface area contributed by atoms with E-state index in [2.05, 4.69) is 25.8 Å². The SMILES string of the molecule is O=C(Nc1cccc(-c2nc(Nc3ccc4[nH]ncc4c3)c3sccc3n2)c1)c1ccncc1. The molecule has 4 aromatic heterocycles. The molecule has 9 heteroatoms. The molecule has 164 valence electrons. The average molecular weight is 464 g/mol. The molecule has 0 spiro atoms. The van der Waals surface area contributed by atoms with Gasteiger partial charge in [-0.15, -0.1) is 11.3 Å². The quantitative estimate of drug-likeness (QED) is 0.306. The average Bonchev–Trinajstić information content (AvgIpc) is 3.54. The summed E-state index contributed by atoms with van der Waals surface area (Å²) in [7, 11) is 0. The fourth-order valence-corrected chi connectivity index (χ4v) is 4.45. The fraction of sp³-hybridized carbons (Fsp3) is 0. The highest BCUT2D eigenvalue weighted by Crippen LogP contribution is 2.32. The Morgan fingerprint density at radius 2 is 1.85 bits per heavy atom. The monoisotopic (exact) mass is 463 g/mol. The van der Waals surface area contributed by atoms with Crippen LogP contribution in [0, 0.1) is 0 Å². The molecule has 0 fully saturated rings. The van der Waals surface area contributed by atoms with E-state index in [9.17, 15) is 4.79 Å². The first kappa shape index (κ1) is 20.0. The first-order valence-corrected chi connectivity index (χ1v) is 11.4. The highest BCUT2D eigenvalue weighted by atomic mass is 32.1. The van der Waals surface area contributed by atoms with E-state index in [-0.39, 0.29) is 5.91 Å². The molecule has 0 atom stereocenters. The number of aromatic nitrogens is 5. The van der Waals surface area contributed by atoms with Crippen molar-refractivity contribution in [1.82, 2.24) is 25.1 Å². The zero-order valence-electron chi connectivity index (χ0n) is 17.7. The third-order valence-corrected chi connectivity index (χ3v) is 6.24. The molecule has 0 saturated heterocycles. The summed E-state index contributed by atoms with van der Waals surface area (Å²) in [6.07, 6.45) is 4.97. The van der Waals surface area contributed by atoms with Crippen molar-refractivity contribution in [3.8, 4) is 11.4 Å². The number of fused-ring (bicyclic) bond motifs is 2. The van der Waals surface area contributed by atoms with Crippen LogP contribution in [-0.2, 0) is 0 Å². The van der Waals surface area contributed by atoms with Gasteiger partial charge in [0.1, 0.15) is 0 Å². The molecule has 34 heavy (non-hydrogen) atoms. The molecule has 0 bridgehead atoms. The van der Waals surface area contributed by atoms with Crippen LogP contribution >= 0.6 is 11.3 Å². The number of thiophene rings is 1. The molecule has 0 saturated carbocycles. The van der Waals surface area contributed by atoms with Gasteiger partial charge in [0.2, 0.25) is 0 Å². The minimum atomic E-state index is -0.203. The Balaban J connectivity index is 1.34. The third kappa shape index (κ3) is 3.84. The second-order valence-corrected chi connectivity index (χ2v) is 8.51. The van der Waals surface area contributed by atoms with Gasteiger partial charge in [0.05, 0.1) is 21.9 Å². The van der Waals surface area contributed by atoms with Crippen LogP contribution in [0.1, 0.15) is 10.4 Å². The van der Waals surface area contributed by atoms with Crippen molar-refractivity contribution >= 4 is 55.6 Å². The summed E-state index contributed by atoms with van der Waals surface area (Å²) in [5, 5.41) is 16.4. The molecular formula is C25H17N7OS. The van der Waals surface area contributed by atoms with Crippen molar-refractivity contribution in [3.05, 3.63) is 90.2 Å². The van der Waals surface area contributed by atoms with Gasteiger partial charge in [-0.3, -0.25) is 14.9 Å². The lowest BCUT2D eigenvalue weighted by Crippen LogP contribution is -2.11. The summed E-state index contributed by atoms with van der Waals surface area (Å²) in [4.78, 5) is 26.1. The maximum atomic E-state index is 12.5. The highest BCUT2D eigenvalue weighted by molar-refractivity contribution is 7.17. The molecule has 0 aliphatic heterocycles. The van der Waals surface area contributed by atoms with Gasteiger partial charge in [-0.1, -0.05) is 12.1 Å². The third-order valence-electron chi connectivity index (χ3n) is 5.33. The first-order valence-electron chi connectivity index (χ1n) is 10.5. The Morgan fingerprint density at radius 1 is 0.941 bits per heavy atom. The predicted molar refractivity (Wildman–Crippen MR) is 134 cm³/mol. The summed E-state index contributed by atoms with van der Waals surface area (Å²) >= 11 is 1.58. The van der Waals surface area contributed by atoms with Crippen LogP contribution in [-0.4, -0.2) is 31.1 Å². The molecule has 6 aromatic rings. The Bertz CT molecular complexity index is 1640. The summed E-state index contributed by atoms with van der Waals surface area (Å²) in [6, 6.07) is 18.8. The molecule has 1 amide bonds. The molecule has 3 N–H and O–H groups in total. The van der Waals surface area contributed by atoms with Gasteiger partial charge in [0, 0.05) is 40.3 Å². The normalized spacial score (nSPS) is 11.1. The minimum Gasteiger partial charge on any atom is -0.339 e. The molecule has 0 radical (unpaired) electrons. The lowest BCUT2D eigenvalue weighted by atomic mass is 10.1. The lowest BCUT2D eigenvalue weighted by Gasteiger charge is -2.10. The van der Waals surface area contributed by atoms with Crippen molar-refractivity contribution in [2.24, 2.45) is 0 Å². The number of H-pyrrole nitrogens is 1. The predicted octanol–water partition coefficient (Wildman–Crippen LogP) is 5.63. The zero-order chi connectivity index (χ0) is 22.9. The van der Waals surface area contributed by atoms with Crippen molar-refractivity contribution < 1.29 is 4.79 Å². The second kappa shape index (κ2) is 8.38. The fourth-order valence-electron chi connectivity index (χ4n) is 3.68. The highest BCUT2D eigenvalue weighted by Gasteiger charge is 2.13. The Morgan fingerprint density at radius 3 is 2.76 bits per heavy atom. The van der Waals surface area contributed by atoms with Crippen LogP contribution < -0.4 is 10.6 Å². The van der Waals surface area contributed by atoms with E-state index in [0.29, 0.717) is 17.1 Å². The number of benzene rings is 2. The van der Waals surface area contributed by atoms with E-state index in [4.69, 9.17) is 9.97 Å². The number of pyridine rings is 1. The van der Waals surface area contributed by atoms with E-state index in [1.165, 1.54) is 0 Å². The number of aromatic amines is 1. The van der Waals surface area contributed by atoms with Crippen LogP contribution in [0.4, 0.5) is 17.2 Å². The summed E-state index contributed by atoms with van der Waals surface area (Å²) < 4.78 is 0.971. The van der Waals surface area contributed by atoms with Crippen LogP contribution in [0.3, 0.4) is 0 Å². The minimum absolute atomic E-state index is 0.203. The van der Waals surface area contributed by atoms with Gasteiger partial charge in [-0.2, -0.15) is 5.10 Å². The maximum absolute atomic E-state index is 12.5. The van der Waals surface area contributed by atoms with Crippen LogP contribution in [0.25, 0.3) is 32.5 Å². The number of rotatable bonds is 5. The number of carbonyl (C=O) groups is 1. The van der Waals surface area contributed by atoms with Crippen LogP contribution in [0.2, 0.25) is 0 Å². The lowest BCUT2D eigenvalue weighted by molar-refractivity contribution is 0.102. The van der Waals surface area contributed by atoms with Gasteiger partial charge in [0.15, 0.2) is 11.6 Å². The molecule has 6 rings (SSSR count). The number of nitrogens with one attached hydrogen (secondary N) is 3. The van der Waals surface area contributed by atoms with E-state index < -0.39 is 0 Å². The van der Waals surface area contributed by atoms with Gasteiger partial charge in [0.25, 0.3) is 5.91 Å². The number of amides is 1. The van der Waals surface area contributed by atoms with Gasteiger partial charge in [-0.05, 0) is 53.9 Å². The number of nitrogens with zero attached hydrogens (tertiary/aromatic N) is 4. The van der Waals surface area contributed by atoms with Crippen molar-refractivity contribution in [1.29, 1.82) is 0 Å². The first-order chi connectivity index (χ1) is 16.7. The number of anilines is 3. The number of hydrogen-bond acceptors (Lipinski definition) is 7. The molecule has 8 nitrogen and oxygen atoms in total. The summed E-state index contributed by atoms with van der Waals surface area (Å²) in [5.74, 6) is 1.09. The standard InChI is InChI=1S/C25H17N7OS/c33-25(15-6-9-26-10-7-15)29-18-3-1-2-16(12-18)23-30-21-8-11-34-22(21)24(31-23)28-19-4-5-20-17(13-19)14-27-32-20/h1-14H,(H,27,32)(H,29,33)(H,28,30,31). The molecule has 0 unspecified atom stereocenters. The van der Waals surface area contributed by atoms with Crippen molar-refractivity contribution in [2.75, 3.05) is 10.6 Å². The Labute approximate surface area is 197 Å². The van der Waals surface area contributed by atoms with Crippen LogP contribution in [0.5, 0.6) is 0 Å². The Hall–Kier alpha value is -4.63. The summed E-state index contributed by atoms with van der Waals surface area (Å²) in [6.45, 7) is 0. The zero-order valence-corrected chi connectivity index (χ0v) is 18.5. The summed E-state index contributed by atoms with van der Waals surface area (Å²) in [5.41, 5.74) is 4.74. The van der Waals surface area contributed by atoms with Crippen LogP contribution in [0.15, 0.2) is 84.6 Å². The number of hydrogen-bond donors (Lipinski definition) is 3. The van der Waals surface area contributed by atoms with E-state index >= 15 is 0 Å². The van der Waals surface area contributed by atoms with E-state index in [1.807, 2.05) is 53.9 Å². The number of carbonyl (C=O) groups excluding carboxylic acids is 1. The second-order valence-electron chi connectivity index (χ2n) is 7.60. The van der Waals surface area contributed by atoms with Crippen molar-refractivity contribution in [3.63, 3.8) is 0 Å². The van der Waals surface area contributed by atoms with Crippen molar-refractivity contribution in [2.45, 2.75) is 0 Å². The molecule has 2 aromatic carbocycles. The van der Waals surface area contributed by atoms with Gasteiger partial charge < -0.3 is 10.6 Å². The molecular weight excluding hydrogens is 446 g/mol. The van der Waals surface area contributed by atoms with Gasteiger partial charge >= 0.3 is 0 Å². The molecule has 0 aliphatic rings. The van der Waals surface area contributed by atoms with Gasteiger partial charge in [-0.25, -0.2) is 9.97 Å². The van der Waals surface area contributed by atoms with E-state index in [1.54, 1.807) is 42.1 Å². The van der Waals surface area contributed by atoms with E-state index in [0.717, 1.165) is 38.2 Å². The largest absolute Gasteiger partial charge is 0.339 e. The smallest absolute Gasteiger partial charge is 0.255 e. The molecule has 4 heterocycles. The molecule has 0 aliphatic carbocycles.